The van der Waals surface area contributed by atoms with E-state index in [0.29, 0.717) is 0 Å². The summed E-state index contributed by atoms with van der Waals surface area (Å²) in [5.74, 6) is -6.60. The molecule has 0 aliphatic carbocycles. The summed E-state index contributed by atoms with van der Waals surface area (Å²) < 4.78 is 56.2. The first-order valence-electron chi connectivity index (χ1n) is 4.63. The van der Waals surface area contributed by atoms with Gasteiger partial charge in [0.2, 0.25) is 0 Å². The largest absolute Gasteiger partial charge is 0.447 e. The van der Waals surface area contributed by atoms with E-state index in [1.54, 1.807) is 5.32 Å². The predicted molar refractivity (Wildman–Crippen MR) is 51.5 cm³/mol. The zero-order valence-electron chi connectivity index (χ0n) is 8.98. The third kappa shape index (κ3) is 3.08. The molecule has 17 heavy (non-hydrogen) atoms. The van der Waals surface area contributed by atoms with Crippen molar-refractivity contribution in [2.45, 2.75) is 20.0 Å². The third-order valence-electron chi connectivity index (χ3n) is 1.68. The number of amides is 1. The van der Waals surface area contributed by atoms with Gasteiger partial charge in [-0.15, -0.1) is 0 Å². The van der Waals surface area contributed by atoms with Gasteiger partial charge in [0.15, 0.2) is 23.3 Å². The fourth-order valence-electron chi connectivity index (χ4n) is 1.03. The van der Waals surface area contributed by atoms with Gasteiger partial charge < -0.3 is 4.74 Å². The Bertz CT molecular complexity index is 422. The van der Waals surface area contributed by atoms with E-state index in [2.05, 4.69) is 4.74 Å². The van der Waals surface area contributed by atoms with Crippen LogP contribution in [0.5, 0.6) is 0 Å². The highest BCUT2D eigenvalue weighted by molar-refractivity contribution is 5.85. The van der Waals surface area contributed by atoms with Crippen LogP contribution in [-0.4, -0.2) is 12.2 Å². The second-order valence-corrected chi connectivity index (χ2v) is 3.42. The van der Waals surface area contributed by atoms with Crippen molar-refractivity contribution < 1.29 is 27.1 Å². The fourth-order valence-corrected chi connectivity index (χ4v) is 1.03. The van der Waals surface area contributed by atoms with E-state index in [0.717, 1.165) is 0 Å². The van der Waals surface area contributed by atoms with Gasteiger partial charge in [-0.25, -0.2) is 22.4 Å². The Kier molecular flexibility index (Phi) is 3.93. The van der Waals surface area contributed by atoms with E-state index in [9.17, 15) is 22.4 Å². The Morgan fingerprint density at radius 3 is 2.06 bits per heavy atom. The molecule has 1 amide bonds. The second kappa shape index (κ2) is 5.03. The lowest BCUT2D eigenvalue weighted by Gasteiger charge is -2.11. The number of carbonyl (C=O) groups is 1. The molecular formula is C10H9F4NO2. The van der Waals surface area contributed by atoms with Crippen LogP contribution in [0.3, 0.4) is 0 Å². The molecule has 1 rings (SSSR count). The summed E-state index contributed by atoms with van der Waals surface area (Å²) >= 11 is 0. The standard InChI is InChI=1S/C10H9F4NO2/c1-4(2)17-10(16)15-9-7(13)5(11)3-6(12)8(9)14/h3-4H,1-2H3,(H,15,16). The Hall–Kier alpha value is -1.79. The molecule has 0 aliphatic rings. The molecule has 94 valence electrons. The molecule has 0 saturated heterocycles. The first-order valence-corrected chi connectivity index (χ1v) is 4.63. The van der Waals surface area contributed by atoms with E-state index >= 15 is 0 Å². The van der Waals surface area contributed by atoms with Gasteiger partial charge in [0.25, 0.3) is 0 Å². The average molecular weight is 251 g/mol. The average Bonchev–Trinajstić information content (AvgIpc) is 2.20. The van der Waals surface area contributed by atoms with Crippen molar-refractivity contribution in [1.82, 2.24) is 0 Å². The van der Waals surface area contributed by atoms with Crippen LogP contribution >= 0.6 is 0 Å². The van der Waals surface area contributed by atoms with Crippen molar-refractivity contribution in [3.8, 4) is 0 Å². The predicted octanol–water partition coefficient (Wildman–Crippen LogP) is 3.20. The van der Waals surface area contributed by atoms with Crippen LogP contribution < -0.4 is 5.32 Å². The van der Waals surface area contributed by atoms with E-state index in [1.165, 1.54) is 13.8 Å². The number of hydrogen-bond acceptors (Lipinski definition) is 2. The highest BCUT2D eigenvalue weighted by Gasteiger charge is 2.21. The Morgan fingerprint density at radius 1 is 1.18 bits per heavy atom. The molecule has 0 radical (unpaired) electrons. The molecule has 1 aromatic carbocycles. The molecule has 0 aromatic heterocycles. The molecule has 0 unspecified atom stereocenters. The molecule has 1 aromatic rings. The molecule has 0 saturated carbocycles. The summed E-state index contributed by atoms with van der Waals surface area (Å²) in [5.41, 5.74) is -1.21. The maximum Gasteiger partial charge on any atom is 0.412 e. The first kappa shape index (κ1) is 13.3. The highest BCUT2D eigenvalue weighted by atomic mass is 19.2. The molecule has 0 heterocycles. The summed E-state index contributed by atoms with van der Waals surface area (Å²) in [6, 6.07) is 0.0453. The van der Waals surface area contributed by atoms with Crippen LogP contribution in [0.4, 0.5) is 28.0 Å². The molecule has 0 bridgehead atoms. The normalized spacial score (nSPS) is 10.5. The number of anilines is 1. The van der Waals surface area contributed by atoms with E-state index in [1.807, 2.05) is 0 Å². The number of benzene rings is 1. The zero-order valence-corrected chi connectivity index (χ0v) is 8.98. The lowest BCUT2D eigenvalue weighted by molar-refractivity contribution is 0.129. The minimum absolute atomic E-state index is 0.0453. The Labute approximate surface area is 94.4 Å². The summed E-state index contributed by atoms with van der Waals surface area (Å²) in [4.78, 5) is 11.0. The van der Waals surface area contributed by atoms with Gasteiger partial charge >= 0.3 is 6.09 Å². The minimum Gasteiger partial charge on any atom is -0.447 e. The summed E-state index contributed by atoms with van der Waals surface area (Å²) in [5, 5.41) is 1.60. The van der Waals surface area contributed by atoms with Crippen LogP contribution in [0.15, 0.2) is 6.07 Å². The van der Waals surface area contributed by atoms with Crippen LogP contribution in [0.25, 0.3) is 0 Å². The van der Waals surface area contributed by atoms with Gasteiger partial charge in [-0.2, -0.15) is 0 Å². The highest BCUT2D eigenvalue weighted by Crippen LogP contribution is 2.24. The van der Waals surface area contributed by atoms with Gasteiger partial charge in [0, 0.05) is 6.07 Å². The van der Waals surface area contributed by atoms with Crippen LogP contribution in [-0.2, 0) is 4.74 Å². The zero-order chi connectivity index (χ0) is 13.2. The monoisotopic (exact) mass is 251 g/mol. The van der Waals surface area contributed by atoms with Crippen molar-refractivity contribution in [2.75, 3.05) is 5.32 Å². The second-order valence-electron chi connectivity index (χ2n) is 3.42. The van der Waals surface area contributed by atoms with Gasteiger partial charge in [-0.05, 0) is 13.8 Å². The van der Waals surface area contributed by atoms with E-state index in [4.69, 9.17) is 0 Å². The Balaban J connectivity index is 3.02. The van der Waals surface area contributed by atoms with Crippen molar-refractivity contribution in [1.29, 1.82) is 0 Å². The van der Waals surface area contributed by atoms with Crippen LogP contribution in [0, 0.1) is 23.3 Å². The van der Waals surface area contributed by atoms with Crippen molar-refractivity contribution in [2.24, 2.45) is 0 Å². The number of rotatable bonds is 2. The topological polar surface area (TPSA) is 38.3 Å². The molecule has 0 spiro atoms. The maximum atomic E-state index is 13.1. The van der Waals surface area contributed by atoms with Crippen LogP contribution in [0.2, 0.25) is 0 Å². The third-order valence-corrected chi connectivity index (χ3v) is 1.68. The number of nitrogens with one attached hydrogen (secondary N) is 1. The first-order chi connectivity index (χ1) is 7.82. The number of hydrogen-bond donors (Lipinski definition) is 1. The van der Waals surface area contributed by atoms with Gasteiger partial charge in [-0.1, -0.05) is 0 Å². The number of ether oxygens (including phenoxy) is 1. The van der Waals surface area contributed by atoms with Crippen molar-refractivity contribution >= 4 is 11.8 Å². The molecule has 7 heteroatoms. The van der Waals surface area contributed by atoms with Gasteiger partial charge in [0.1, 0.15) is 5.69 Å². The van der Waals surface area contributed by atoms with E-state index in [-0.39, 0.29) is 6.07 Å². The van der Waals surface area contributed by atoms with E-state index < -0.39 is 41.2 Å². The molecule has 0 fully saturated rings. The molecule has 0 atom stereocenters. The van der Waals surface area contributed by atoms with Crippen LogP contribution in [0.1, 0.15) is 13.8 Å². The smallest absolute Gasteiger partial charge is 0.412 e. The van der Waals surface area contributed by atoms with Gasteiger partial charge in [0.05, 0.1) is 6.10 Å². The lowest BCUT2D eigenvalue weighted by atomic mass is 10.2. The molecular weight excluding hydrogens is 242 g/mol. The maximum absolute atomic E-state index is 13.1. The van der Waals surface area contributed by atoms with Crippen molar-refractivity contribution in [3.63, 3.8) is 0 Å². The lowest BCUT2D eigenvalue weighted by Crippen LogP contribution is -2.20. The van der Waals surface area contributed by atoms with Gasteiger partial charge in [-0.3, -0.25) is 5.32 Å². The Morgan fingerprint density at radius 2 is 1.65 bits per heavy atom. The molecule has 0 aliphatic heterocycles. The summed E-state index contributed by atoms with van der Waals surface area (Å²) in [7, 11) is 0. The number of carbonyl (C=O) groups excluding carboxylic acids is 1. The molecule has 1 N–H and O–H groups in total. The number of halogens is 4. The fraction of sp³-hybridized carbons (Fsp3) is 0.300. The summed E-state index contributed by atoms with van der Waals surface area (Å²) in [6.45, 7) is 3.00. The summed E-state index contributed by atoms with van der Waals surface area (Å²) in [6.07, 6.45) is -1.75. The molecule has 3 nitrogen and oxygen atoms in total. The van der Waals surface area contributed by atoms with Crippen molar-refractivity contribution in [3.05, 3.63) is 29.3 Å². The quantitative estimate of drug-likeness (QED) is 0.647. The SMILES string of the molecule is CC(C)OC(=O)Nc1c(F)c(F)cc(F)c1F. The minimum atomic E-state index is -1.69.